The summed E-state index contributed by atoms with van der Waals surface area (Å²) in [5.41, 5.74) is 0. The first-order valence-corrected chi connectivity index (χ1v) is 23.1. The number of carbonyl (C=O) groups excluding carboxylic acids is 3. The second kappa shape index (κ2) is 46.5. The Balaban J connectivity index is 4.62. The Morgan fingerprint density at radius 2 is 0.763 bits per heavy atom. The predicted octanol–water partition coefficient (Wildman–Crippen LogP) is 15.0. The molecule has 0 aliphatic rings. The van der Waals surface area contributed by atoms with Crippen LogP contribution < -0.4 is 0 Å². The Hall–Kier alpha value is -4.19. The molecule has 6 nitrogen and oxygen atoms in total. The number of esters is 3. The SMILES string of the molecule is CC\C=C/C=C\C=C/C=C\C=C/CCCC(=O)OC(COC(=O)CCC/C=C\C/C=C\C/C=C\CCCCCCCC)COC(=O)CCCCC/C=C\C=C/CCCC. The molecule has 0 N–H and O–H groups in total. The van der Waals surface area contributed by atoms with Gasteiger partial charge in [-0.05, 0) is 83.5 Å². The molecule has 1 atom stereocenters. The molecule has 1 unspecified atom stereocenters. The van der Waals surface area contributed by atoms with E-state index in [4.69, 9.17) is 14.2 Å². The molecule has 0 heterocycles. The van der Waals surface area contributed by atoms with Gasteiger partial charge in [0.2, 0.25) is 0 Å². The molecular weight excluding hydrogens is 733 g/mol. The molecule has 0 spiro atoms. The Morgan fingerprint density at radius 1 is 0.373 bits per heavy atom. The lowest BCUT2D eigenvalue weighted by molar-refractivity contribution is -0.167. The van der Waals surface area contributed by atoms with Crippen molar-refractivity contribution in [3.63, 3.8) is 0 Å². The van der Waals surface area contributed by atoms with E-state index in [0.717, 1.165) is 57.8 Å². The largest absolute Gasteiger partial charge is 0.462 e. The number of hydrogen-bond donors (Lipinski definition) is 0. The van der Waals surface area contributed by atoms with Crippen molar-refractivity contribution in [2.45, 2.75) is 181 Å². The van der Waals surface area contributed by atoms with Gasteiger partial charge in [-0.25, -0.2) is 0 Å². The van der Waals surface area contributed by atoms with E-state index in [9.17, 15) is 14.4 Å². The maximum Gasteiger partial charge on any atom is 0.306 e. The van der Waals surface area contributed by atoms with Crippen LogP contribution in [0.4, 0.5) is 0 Å². The molecular formula is C53H82O6. The normalized spacial score (nSPS) is 13.2. The predicted molar refractivity (Wildman–Crippen MR) is 251 cm³/mol. The molecule has 0 aromatic carbocycles. The number of hydrogen-bond acceptors (Lipinski definition) is 6. The van der Waals surface area contributed by atoms with E-state index in [1.165, 1.54) is 57.8 Å². The fourth-order valence-corrected chi connectivity index (χ4v) is 5.58. The zero-order chi connectivity index (χ0) is 43.0. The molecule has 0 aromatic heterocycles. The van der Waals surface area contributed by atoms with Crippen molar-refractivity contribution in [2.75, 3.05) is 13.2 Å². The topological polar surface area (TPSA) is 78.9 Å². The van der Waals surface area contributed by atoms with E-state index in [1.807, 2.05) is 54.7 Å². The first-order chi connectivity index (χ1) is 29.0. The van der Waals surface area contributed by atoms with Crippen LogP contribution in [0.15, 0.2) is 122 Å². The van der Waals surface area contributed by atoms with Gasteiger partial charge in [0.1, 0.15) is 13.2 Å². The smallest absolute Gasteiger partial charge is 0.306 e. The summed E-state index contributed by atoms with van der Waals surface area (Å²) in [5.74, 6) is -1.11. The van der Waals surface area contributed by atoms with Crippen LogP contribution in [0.2, 0.25) is 0 Å². The number of ether oxygens (including phenoxy) is 3. The maximum atomic E-state index is 12.7. The van der Waals surface area contributed by atoms with Crippen molar-refractivity contribution in [2.24, 2.45) is 0 Å². The van der Waals surface area contributed by atoms with Crippen molar-refractivity contribution in [1.29, 1.82) is 0 Å². The number of unbranched alkanes of at least 4 members (excludes halogenated alkanes) is 13. The van der Waals surface area contributed by atoms with Gasteiger partial charge in [0, 0.05) is 19.3 Å². The minimum absolute atomic E-state index is 0.140. The fraction of sp³-hybridized carbons (Fsp3) is 0.566. The Kier molecular flexibility index (Phi) is 43.2. The molecule has 0 aliphatic heterocycles. The monoisotopic (exact) mass is 815 g/mol. The van der Waals surface area contributed by atoms with Gasteiger partial charge in [0.15, 0.2) is 6.10 Å². The quantitative estimate of drug-likeness (QED) is 0.0202. The Morgan fingerprint density at radius 3 is 1.34 bits per heavy atom. The summed E-state index contributed by atoms with van der Waals surface area (Å²) in [7, 11) is 0. The average molecular weight is 815 g/mol. The van der Waals surface area contributed by atoms with Crippen molar-refractivity contribution in [3.8, 4) is 0 Å². The zero-order valence-electron chi connectivity index (χ0n) is 37.5. The van der Waals surface area contributed by atoms with E-state index in [-0.39, 0.29) is 38.0 Å². The molecule has 6 heteroatoms. The first-order valence-electron chi connectivity index (χ1n) is 23.1. The summed E-state index contributed by atoms with van der Waals surface area (Å²) >= 11 is 0. The number of rotatable bonds is 39. The van der Waals surface area contributed by atoms with Crippen LogP contribution >= 0.6 is 0 Å². The summed E-state index contributed by atoms with van der Waals surface area (Å²) in [6, 6.07) is 0. The lowest BCUT2D eigenvalue weighted by atomic mass is 10.1. The van der Waals surface area contributed by atoms with Crippen molar-refractivity contribution >= 4 is 17.9 Å². The van der Waals surface area contributed by atoms with Crippen LogP contribution in [0.3, 0.4) is 0 Å². The van der Waals surface area contributed by atoms with Gasteiger partial charge in [-0.2, -0.15) is 0 Å². The van der Waals surface area contributed by atoms with Gasteiger partial charge in [-0.1, -0.05) is 194 Å². The minimum atomic E-state index is -0.847. The number of allylic oxidation sites excluding steroid dienone is 20. The highest BCUT2D eigenvalue weighted by molar-refractivity contribution is 5.71. The Labute approximate surface area is 361 Å². The molecule has 0 bridgehead atoms. The van der Waals surface area contributed by atoms with Crippen LogP contribution in [0.1, 0.15) is 175 Å². The second-order valence-electron chi connectivity index (χ2n) is 14.7. The molecule has 59 heavy (non-hydrogen) atoms. The molecule has 0 rings (SSSR count). The van der Waals surface area contributed by atoms with E-state index >= 15 is 0 Å². The molecule has 0 amide bonds. The van der Waals surface area contributed by atoms with Gasteiger partial charge in [-0.3, -0.25) is 14.4 Å². The van der Waals surface area contributed by atoms with E-state index < -0.39 is 12.1 Å². The van der Waals surface area contributed by atoms with E-state index in [2.05, 4.69) is 87.6 Å². The van der Waals surface area contributed by atoms with Gasteiger partial charge in [-0.15, -0.1) is 0 Å². The minimum Gasteiger partial charge on any atom is -0.462 e. The summed E-state index contributed by atoms with van der Waals surface area (Å²) in [6.45, 7) is 6.26. The summed E-state index contributed by atoms with van der Waals surface area (Å²) in [6.07, 6.45) is 63.4. The highest BCUT2D eigenvalue weighted by Crippen LogP contribution is 2.10. The summed E-state index contributed by atoms with van der Waals surface area (Å²) in [4.78, 5) is 37.7. The van der Waals surface area contributed by atoms with Gasteiger partial charge in [0.05, 0.1) is 0 Å². The number of carbonyl (C=O) groups is 3. The fourth-order valence-electron chi connectivity index (χ4n) is 5.58. The van der Waals surface area contributed by atoms with E-state index in [1.54, 1.807) is 0 Å². The lowest BCUT2D eigenvalue weighted by Crippen LogP contribution is -2.30. The Bertz CT molecular complexity index is 1300. The molecule has 0 fully saturated rings. The molecule has 0 saturated heterocycles. The van der Waals surface area contributed by atoms with Crippen molar-refractivity contribution in [1.82, 2.24) is 0 Å². The molecule has 330 valence electrons. The molecule has 0 saturated carbocycles. The van der Waals surface area contributed by atoms with Crippen LogP contribution in [0, 0.1) is 0 Å². The van der Waals surface area contributed by atoms with Gasteiger partial charge < -0.3 is 14.2 Å². The van der Waals surface area contributed by atoms with Gasteiger partial charge >= 0.3 is 17.9 Å². The van der Waals surface area contributed by atoms with Crippen LogP contribution in [0.5, 0.6) is 0 Å². The third-order valence-corrected chi connectivity index (χ3v) is 9.08. The first kappa shape index (κ1) is 54.8. The molecule has 0 aromatic rings. The second-order valence-corrected chi connectivity index (χ2v) is 14.7. The van der Waals surface area contributed by atoms with Crippen molar-refractivity contribution in [3.05, 3.63) is 122 Å². The summed E-state index contributed by atoms with van der Waals surface area (Å²) in [5, 5.41) is 0. The lowest BCUT2D eigenvalue weighted by Gasteiger charge is -2.18. The molecule has 0 radical (unpaired) electrons. The maximum absolute atomic E-state index is 12.7. The van der Waals surface area contributed by atoms with Crippen LogP contribution in [-0.4, -0.2) is 37.2 Å². The average Bonchev–Trinajstić information content (AvgIpc) is 3.23. The van der Waals surface area contributed by atoms with Crippen molar-refractivity contribution < 1.29 is 28.6 Å². The van der Waals surface area contributed by atoms with Gasteiger partial charge in [0.25, 0.3) is 0 Å². The highest BCUT2D eigenvalue weighted by atomic mass is 16.6. The highest BCUT2D eigenvalue weighted by Gasteiger charge is 2.19. The molecule has 0 aliphatic carbocycles. The van der Waals surface area contributed by atoms with Crippen LogP contribution in [0.25, 0.3) is 0 Å². The van der Waals surface area contributed by atoms with Crippen LogP contribution in [-0.2, 0) is 28.6 Å². The third-order valence-electron chi connectivity index (χ3n) is 9.08. The standard InChI is InChI=1S/C53H82O6/c1-4-7-10-13-16-19-22-24-25-26-27-29-31-34-37-40-43-46-52(55)58-49-50(48-57-51(54)45-42-39-36-33-30-21-18-15-12-9-6-3)59-53(56)47-44-41-38-35-32-28-23-20-17-14-11-8-5-2/h8,11,14-15,17-18,20-21,23-25,27-30,32,34-35,37-38,50H,4-7,9-10,12-13,16,19,22,26,31,33,36,39-49H2,1-3H3/b11-8-,17-14-,18-15-,23-20-,25-24-,29-27-,30-21-,32-28-,37-34-,38-35-. The van der Waals surface area contributed by atoms with E-state index in [0.29, 0.717) is 25.7 Å². The summed E-state index contributed by atoms with van der Waals surface area (Å²) < 4.78 is 16.6. The zero-order valence-corrected chi connectivity index (χ0v) is 37.5. The third kappa shape index (κ3) is 44.8.